The molecule has 0 amide bonds. The van der Waals surface area contributed by atoms with Gasteiger partial charge in [0.2, 0.25) is 0 Å². The molecule has 0 aromatic carbocycles. The maximum absolute atomic E-state index is 5.90. The molecule has 1 N–H and O–H groups in total. The second-order valence-corrected chi connectivity index (χ2v) is 16.4. The van der Waals surface area contributed by atoms with Gasteiger partial charge in [-0.2, -0.15) is 0 Å². The molecular weight excluding hydrogens is 669 g/mol. The number of nitrogens with zero attached hydrogens (tertiary/aromatic N) is 5. The zero-order valence-corrected chi connectivity index (χ0v) is 23.4. The van der Waals surface area contributed by atoms with Crippen LogP contribution in [0.5, 0.6) is 0 Å². The van der Waals surface area contributed by atoms with Crippen LogP contribution in [0, 0.1) is 7.14 Å². The average molecular weight is 689 g/mol. The summed E-state index contributed by atoms with van der Waals surface area (Å²) in [6.45, 7) is 8.32. The highest BCUT2D eigenvalue weighted by atomic mass is 127. The molecule has 0 saturated carbocycles. The largest absolute Gasteiger partial charge is 0.361 e. The maximum atomic E-state index is 5.90. The van der Waals surface area contributed by atoms with Crippen molar-refractivity contribution in [3.05, 3.63) is 42.2 Å². The molecule has 7 nitrogen and oxygen atoms in total. The summed E-state index contributed by atoms with van der Waals surface area (Å²) in [6.07, 6.45) is 6.96. The molecule has 0 bridgehead atoms. The van der Waals surface area contributed by atoms with E-state index in [-0.39, 0.29) is 0 Å². The van der Waals surface area contributed by atoms with Crippen molar-refractivity contribution in [3.8, 4) is 0 Å². The van der Waals surface area contributed by atoms with Gasteiger partial charge < -0.3 is 14.3 Å². The van der Waals surface area contributed by atoms with E-state index in [2.05, 4.69) is 89.7 Å². The molecule has 4 heterocycles. The predicted molar refractivity (Wildman–Crippen MR) is 141 cm³/mol. The second-order valence-electron chi connectivity index (χ2n) is 7.69. The van der Waals surface area contributed by atoms with Crippen LogP contribution >= 0.6 is 68.4 Å². The Morgan fingerprint density at radius 2 is 1.70 bits per heavy atom. The molecule has 12 heteroatoms. The molecule has 0 unspecified atom stereocenters. The van der Waals surface area contributed by atoms with Crippen molar-refractivity contribution >= 4 is 98.8 Å². The van der Waals surface area contributed by atoms with E-state index >= 15 is 0 Å². The highest BCUT2D eigenvalue weighted by molar-refractivity contribution is 14.1. The van der Waals surface area contributed by atoms with E-state index in [1.54, 1.807) is 12.4 Å². The van der Waals surface area contributed by atoms with Crippen LogP contribution in [0.25, 0.3) is 22.3 Å². The van der Waals surface area contributed by atoms with Crippen LogP contribution in [0.1, 0.15) is 0 Å². The first-order chi connectivity index (χ1) is 14.1. The van der Waals surface area contributed by atoms with Gasteiger partial charge in [-0.15, -0.1) is 0 Å². The SMILES string of the molecule is C[Si](C)(C)CCOCn1cc(I)c2ncc(Cl)nc21.Clc1cnc2c(I)c[nH]c2n1. The fourth-order valence-electron chi connectivity index (χ4n) is 2.47. The normalized spacial score (nSPS) is 11.7. The number of nitrogens with one attached hydrogen (secondary N) is 1. The Kier molecular flexibility index (Phi) is 8.34. The van der Waals surface area contributed by atoms with E-state index in [1.807, 2.05) is 17.0 Å². The van der Waals surface area contributed by atoms with Crippen LogP contribution < -0.4 is 0 Å². The highest BCUT2D eigenvalue weighted by Gasteiger charge is 2.13. The number of aromatic nitrogens is 6. The maximum Gasteiger partial charge on any atom is 0.163 e. The Hall–Kier alpha value is -0.543. The second kappa shape index (κ2) is 10.4. The summed E-state index contributed by atoms with van der Waals surface area (Å²) >= 11 is 16.0. The molecule has 30 heavy (non-hydrogen) atoms. The number of ether oxygens (including phenoxy) is 1. The van der Waals surface area contributed by atoms with Gasteiger partial charge in [0.1, 0.15) is 28.1 Å². The summed E-state index contributed by atoms with van der Waals surface area (Å²) in [5.74, 6) is 0. The minimum atomic E-state index is -1.04. The predicted octanol–water partition coefficient (Wildman–Crippen LogP) is 6.22. The molecule has 0 aliphatic carbocycles. The van der Waals surface area contributed by atoms with E-state index in [0.29, 0.717) is 17.0 Å². The molecule has 0 aliphatic rings. The van der Waals surface area contributed by atoms with Gasteiger partial charge in [-0.3, -0.25) is 0 Å². The lowest BCUT2D eigenvalue weighted by atomic mass is 10.5. The van der Waals surface area contributed by atoms with Crippen molar-refractivity contribution in [1.29, 1.82) is 0 Å². The number of fused-ring (bicyclic) bond motifs is 2. The Balaban J connectivity index is 0.000000196. The van der Waals surface area contributed by atoms with Crippen molar-refractivity contribution in [1.82, 2.24) is 29.5 Å². The number of hydrogen-bond donors (Lipinski definition) is 1. The van der Waals surface area contributed by atoms with Gasteiger partial charge in [0.25, 0.3) is 0 Å². The van der Waals surface area contributed by atoms with Crippen molar-refractivity contribution in [2.45, 2.75) is 32.4 Å². The molecular formula is C18H20Cl2I2N6OSi. The molecule has 4 rings (SSSR count). The minimum absolute atomic E-state index is 0.408. The Bertz CT molecular complexity index is 1160. The van der Waals surface area contributed by atoms with E-state index in [1.165, 1.54) is 0 Å². The summed E-state index contributed by atoms with van der Waals surface area (Å²) in [5.41, 5.74) is 3.26. The average Bonchev–Trinajstić information content (AvgIpc) is 3.18. The van der Waals surface area contributed by atoms with Crippen molar-refractivity contribution < 1.29 is 4.74 Å². The highest BCUT2D eigenvalue weighted by Crippen LogP contribution is 2.21. The first-order valence-electron chi connectivity index (χ1n) is 9.04. The van der Waals surface area contributed by atoms with Crippen LogP contribution in [0.4, 0.5) is 0 Å². The number of halogens is 4. The summed E-state index contributed by atoms with van der Waals surface area (Å²) in [5, 5.41) is 0.820. The van der Waals surface area contributed by atoms with Gasteiger partial charge in [0.15, 0.2) is 11.3 Å². The molecule has 160 valence electrons. The third-order valence-electron chi connectivity index (χ3n) is 4.02. The van der Waals surface area contributed by atoms with Crippen LogP contribution in [-0.2, 0) is 11.5 Å². The lowest BCUT2D eigenvalue weighted by molar-refractivity contribution is 0.0898. The van der Waals surface area contributed by atoms with Gasteiger partial charge in [-0.25, -0.2) is 19.9 Å². The monoisotopic (exact) mass is 688 g/mol. The van der Waals surface area contributed by atoms with Crippen molar-refractivity contribution in [2.75, 3.05) is 6.61 Å². The number of H-pyrrole nitrogens is 1. The van der Waals surface area contributed by atoms with Gasteiger partial charge in [-0.05, 0) is 51.2 Å². The summed E-state index contributed by atoms with van der Waals surface area (Å²) in [4.78, 5) is 19.7. The lowest BCUT2D eigenvalue weighted by Crippen LogP contribution is -2.22. The summed E-state index contributed by atoms with van der Waals surface area (Å²) < 4.78 is 9.82. The molecule has 0 saturated heterocycles. The van der Waals surface area contributed by atoms with Crippen LogP contribution in [0.15, 0.2) is 24.8 Å². The molecule has 0 atom stereocenters. The van der Waals surface area contributed by atoms with E-state index in [4.69, 9.17) is 27.9 Å². The number of aromatic amines is 1. The Morgan fingerprint density at radius 3 is 2.40 bits per heavy atom. The van der Waals surface area contributed by atoms with Gasteiger partial charge >= 0.3 is 0 Å². The van der Waals surface area contributed by atoms with Gasteiger partial charge in [0.05, 0.1) is 19.5 Å². The topological polar surface area (TPSA) is 81.5 Å². The van der Waals surface area contributed by atoms with E-state index in [9.17, 15) is 0 Å². The first-order valence-corrected chi connectivity index (χ1v) is 15.7. The number of hydrogen-bond acceptors (Lipinski definition) is 5. The quantitative estimate of drug-likeness (QED) is 0.153. The van der Waals surface area contributed by atoms with E-state index in [0.717, 1.165) is 42.1 Å². The van der Waals surface area contributed by atoms with Gasteiger partial charge in [-0.1, -0.05) is 42.8 Å². The van der Waals surface area contributed by atoms with Gasteiger partial charge in [0, 0.05) is 27.1 Å². The smallest absolute Gasteiger partial charge is 0.163 e. The molecule has 4 aromatic heterocycles. The Morgan fingerprint density at radius 1 is 1.03 bits per heavy atom. The molecule has 0 radical (unpaired) electrons. The van der Waals surface area contributed by atoms with Crippen LogP contribution in [0.3, 0.4) is 0 Å². The first kappa shape index (κ1) is 24.1. The molecule has 0 spiro atoms. The Labute approximate surface area is 212 Å². The fraction of sp³-hybridized carbons (Fsp3) is 0.333. The fourth-order valence-corrected chi connectivity index (χ4v) is 4.76. The lowest BCUT2D eigenvalue weighted by Gasteiger charge is -2.15. The third kappa shape index (κ3) is 6.48. The summed E-state index contributed by atoms with van der Waals surface area (Å²) in [6, 6.07) is 1.16. The summed E-state index contributed by atoms with van der Waals surface area (Å²) in [7, 11) is -1.04. The molecule has 0 fully saturated rings. The number of rotatable bonds is 5. The molecule has 0 aliphatic heterocycles. The minimum Gasteiger partial charge on any atom is -0.361 e. The van der Waals surface area contributed by atoms with Crippen LogP contribution in [-0.4, -0.2) is 44.2 Å². The van der Waals surface area contributed by atoms with Crippen molar-refractivity contribution in [2.24, 2.45) is 0 Å². The standard InChI is InChI=1S/C12H17ClIN3OSi.C6H3ClIN3/c1-19(2,3)5-4-18-8-17-7-9(14)11-12(17)16-10(13)6-15-11;7-4-2-9-5-3(8)1-10-6(5)11-4/h6-7H,4-5,8H2,1-3H3;1-2H,(H,10,11). The molecule has 4 aromatic rings. The third-order valence-corrected chi connectivity index (χ3v) is 7.70. The van der Waals surface area contributed by atoms with Crippen LogP contribution in [0.2, 0.25) is 36.0 Å². The zero-order chi connectivity index (χ0) is 21.9. The zero-order valence-electron chi connectivity index (χ0n) is 16.6. The van der Waals surface area contributed by atoms with E-state index < -0.39 is 8.07 Å². The van der Waals surface area contributed by atoms with Crippen molar-refractivity contribution in [3.63, 3.8) is 0 Å².